The van der Waals surface area contributed by atoms with Gasteiger partial charge in [-0.05, 0) is 50.8 Å². The van der Waals surface area contributed by atoms with Crippen LogP contribution in [-0.2, 0) is 0 Å². The smallest absolute Gasteiger partial charge is 0.0804 e. The highest BCUT2D eigenvalue weighted by Crippen LogP contribution is 2.23. The Morgan fingerprint density at radius 2 is 2.11 bits per heavy atom. The Morgan fingerprint density at radius 1 is 1.33 bits per heavy atom. The van der Waals surface area contributed by atoms with E-state index in [-0.39, 0.29) is 6.10 Å². The molecule has 1 N–H and O–H groups in total. The minimum atomic E-state index is -0.319. The van der Waals surface area contributed by atoms with E-state index in [1.165, 1.54) is 31.4 Å². The number of likely N-dealkylation sites (tertiary alicyclic amines) is 1. The Morgan fingerprint density at radius 3 is 2.83 bits per heavy atom. The first-order valence-electron chi connectivity index (χ1n) is 7.16. The first kappa shape index (κ1) is 13.6. The second-order valence-electron chi connectivity index (χ2n) is 5.54. The Bertz CT molecular complexity index is 377. The fourth-order valence-corrected chi connectivity index (χ4v) is 2.89. The van der Waals surface area contributed by atoms with Crippen LogP contribution in [0.1, 0.15) is 49.8 Å². The highest BCUT2D eigenvalue weighted by Gasteiger charge is 2.19. The number of nitrogens with zero attached hydrogens (tertiary/aromatic N) is 1. The summed E-state index contributed by atoms with van der Waals surface area (Å²) < 4.78 is 0. The van der Waals surface area contributed by atoms with Gasteiger partial charge in [-0.2, -0.15) is 0 Å². The first-order valence-corrected chi connectivity index (χ1v) is 7.16. The van der Waals surface area contributed by atoms with Gasteiger partial charge in [-0.3, -0.25) is 0 Å². The van der Waals surface area contributed by atoms with E-state index in [1.54, 1.807) is 0 Å². The molecular formula is C16H25NO. The lowest BCUT2D eigenvalue weighted by Crippen LogP contribution is -2.38. The Hall–Kier alpha value is -0.860. The average molecular weight is 247 g/mol. The minimum Gasteiger partial charge on any atom is -0.388 e. The molecule has 100 valence electrons. The van der Waals surface area contributed by atoms with Gasteiger partial charge in [-0.15, -0.1) is 0 Å². The molecule has 0 amide bonds. The third-order valence-corrected chi connectivity index (χ3v) is 4.18. The second kappa shape index (κ2) is 6.35. The van der Waals surface area contributed by atoms with E-state index < -0.39 is 0 Å². The Balaban J connectivity index is 1.88. The number of benzene rings is 1. The predicted molar refractivity (Wildman–Crippen MR) is 75.6 cm³/mol. The number of aliphatic hydroxyl groups is 1. The summed E-state index contributed by atoms with van der Waals surface area (Å²) in [6.45, 7) is 6.58. The van der Waals surface area contributed by atoms with E-state index in [1.807, 2.05) is 18.2 Å². The third kappa shape index (κ3) is 3.33. The maximum absolute atomic E-state index is 10.3. The van der Waals surface area contributed by atoms with Gasteiger partial charge in [-0.25, -0.2) is 0 Å². The summed E-state index contributed by atoms with van der Waals surface area (Å²) in [6.07, 6.45) is 4.50. The standard InChI is InChI=1S/C16H25NO/c1-13-7-3-4-9-15(13)16(18)10-12-17-11-6-5-8-14(17)2/h3-4,7,9,14,16,18H,5-6,8,10-12H2,1-2H3. The zero-order valence-electron chi connectivity index (χ0n) is 11.6. The van der Waals surface area contributed by atoms with Crippen molar-refractivity contribution in [2.75, 3.05) is 13.1 Å². The van der Waals surface area contributed by atoms with Crippen LogP contribution in [0.15, 0.2) is 24.3 Å². The van der Waals surface area contributed by atoms with Crippen molar-refractivity contribution < 1.29 is 5.11 Å². The van der Waals surface area contributed by atoms with E-state index in [9.17, 15) is 5.11 Å². The number of piperidine rings is 1. The van der Waals surface area contributed by atoms with Gasteiger partial charge in [0.15, 0.2) is 0 Å². The molecule has 2 rings (SSSR count). The zero-order valence-corrected chi connectivity index (χ0v) is 11.6. The van der Waals surface area contributed by atoms with E-state index >= 15 is 0 Å². The van der Waals surface area contributed by atoms with E-state index in [0.717, 1.165) is 18.5 Å². The summed E-state index contributed by atoms with van der Waals surface area (Å²) in [5, 5.41) is 10.3. The number of hydrogen-bond acceptors (Lipinski definition) is 2. The highest BCUT2D eigenvalue weighted by atomic mass is 16.3. The molecule has 1 heterocycles. The van der Waals surface area contributed by atoms with Crippen LogP contribution < -0.4 is 0 Å². The fraction of sp³-hybridized carbons (Fsp3) is 0.625. The SMILES string of the molecule is Cc1ccccc1C(O)CCN1CCCCC1C. The maximum atomic E-state index is 10.3. The third-order valence-electron chi connectivity index (χ3n) is 4.18. The first-order chi connectivity index (χ1) is 8.68. The Labute approximate surface area is 111 Å². The number of aryl methyl sites for hydroxylation is 1. The predicted octanol–water partition coefficient (Wildman–Crippen LogP) is 3.29. The molecule has 1 saturated heterocycles. The molecule has 0 spiro atoms. The van der Waals surface area contributed by atoms with Crippen molar-refractivity contribution in [2.45, 2.75) is 51.7 Å². The van der Waals surface area contributed by atoms with Crippen molar-refractivity contribution in [1.82, 2.24) is 4.90 Å². The van der Waals surface area contributed by atoms with Gasteiger partial charge in [0.1, 0.15) is 0 Å². The highest BCUT2D eigenvalue weighted by molar-refractivity contribution is 5.27. The molecule has 0 saturated carbocycles. The monoisotopic (exact) mass is 247 g/mol. The molecule has 1 fully saturated rings. The van der Waals surface area contributed by atoms with Crippen LogP contribution in [0.25, 0.3) is 0 Å². The normalized spacial score (nSPS) is 22.9. The molecule has 1 aliphatic heterocycles. The average Bonchev–Trinajstić information content (AvgIpc) is 2.38. The van der Waals surface area contributed by atoms with Crippen molar-refractivity contribution >= 4 is 0 Å². The lowest BCUT2D eigenvalue weighted by Gasteiger charge is -2.33. The van der Waals surface area contributed by atoms with Crippen LogP contribution in [0, 0.1) is 6.92 Å². The van der Waals surface area contributed by atoms with Crippen molar-refractivity contribution in [3.05, 3.63) is 35.4 Å². The van der Waals surface area contributed by atoms with Crippen LogP contribution in [0.3, 0.4) is 0 Å². The summed E-state index contributed by atoms with van der Waals surface area (Å²) in [5.41, 5.74) is 2.28. The Kier molecular flexibility index (Phi) is 4.79. The van der Waals surface area contributed by atoms with Crippen molar-refractivity contribution in [3.8, 4) is 0 Å². The molecule has 0 aliphatic carbocycles. The van der Waals surface area contributed by atoms with Crippen molar-refractivity contribution in [2.24, 2.45) is 0 Å². The van der Waals surface area contributed by atoms with Crippen LogP contribution in [0.5, 0.6) is 0 Å². The topological polar surface area (TPSA) is 23.5 Å². The quantitative estimate of drug-likeness (QED) is 0.882. The van der Waals surface area contributed by atoms with Gasteiger partial charge >= 0.3 is 0 Å². The number of hydrogen-bond donors (Lipinski definition) is 1. The molecule has 1 aromatic carbocycles. The molecule has 2 atom stereocenters. The molecule has 0 radical (unpaired) electrons. The van der Waals surface area contributed by atoms with Gasteiger partial charge in [0.25, 0.3) is 0 Å². The van der Waals surface area contributed by atoms with Crippen LogP contribution in [0.4, 0.5) is 0 Å². The molecular weight excluding hydrogens is 222 g/mol. The van der Waals surface area contributed by atoms with E-state index in [2.05, 4.69) is 24.8 Å². The minimum absolute atomic E-state index is 0.319. The summed E-state index contributed by atoms with van der Waals surface area (Å²) in [4.78, 5) is 2.52. The molecule has 1 aliphatic rings. The summed E-state index contributed by atoms with van der Waals surface area (Å²) >= 11 is 0. The molecule has 1 aromatic rings. The molecule has 2 unspecified atom stereocenters. The largest absolute Gasteiger partial charge is 0.388 e. The van der Waals surface area contributed by atoms with Gasteiger partial charge < -0.3 is 10.0 Å². The van der Waals surface area contributed by atoms with Gasteiger partial charge in [0, 0.05) is 12.6 Å². The van der Waals surface area contributed by atoms with Crippen molar-refractivity contribution in [1.29, 1.82) is 0 Å². The van der Waals surface area contributed by atoms with E-state index in [4.69, 9.17) is 0 Å². The molecule has 2 heteroatoms. The van der Waals surface area contributed by atoms with E-state index in [0.29, 0.717) is 6.04 Å². The molecule has 0 aromatic heterocycles. The van der Waals surface area contributed by atoms with Gasteiger partial charge in [0.05, 0.1) is 6.10 Å². The molecule has 0 bridgehead atoms. The summed E-state index contributed by atoms with van der Waals surface area (Å²) in [6, 6.07) is 8.83. The molecule has 2 nitrogen and oxygen atoms in total. The fourth-order valence-electron chi connectivity index (χ4n) is 2.89. The lowest BCUT2D eigenvalue weighted by atomic mass is 9.99. The maximum Gasteiger partial charge on any atom is 0.0804 e. The summed E-state index contributed by atoms with van der Waals surface area (Å²) in [5.74, 6) is 0. The number of aliphatic hydroxyl groups excluding tert-OH is 1. The van der Waals surface area contributed by atoms with Crippen molar-refractivity contribution in [3.63, 3.8) is 0 Å². The van der Waals surface area contributed by atoms with Crippen LogP contribution in [-0.4, -0.2) is 29.1 Å². The summed E-state index contributed by atoms with van der Waals surface area (Å²) in [7, 11) is 0. The lowest BCUT2D eigenvalue weighted by molar-refractivity contribution is 0.109. The molecule has 18 heavy (non-hydrogen) atoms. The second-order valence-corrected chi connectivity index (χ2v) is 5.54. The van der Waals surface area contributed by atoms with Crippen LogP contribution >= 0.6 is 0 Å². The van der Waals surface area contributed by atoms with Gasteiger partial charge in [-0.1, -0.05) is 30.7 Å². The van der Waals surface area contributed by atoms with Gasteiger partial charge in [0.2, 0.25) is 0 Å². The zero-order chi connectivity index (χ0) is 13.0. The number of rotatable bonds is 4. The van der Waals surface area contributed by atoms with Crippen LogP contribution in [0.2, 0.25) is 0 Å².